The van der Waals surface area contributed by atoms with E-state index in [9.17, 15) is 9.59 Å². The highest BCUT2D eigenvalue weighted by Crippen LogP contribution is 2.31. The molecule has 2 aliphatic rings. The topological polar surface area (TPSA) is 74.8 Å². The normalized spacial score (nSPS) is 20.8. The summed E-state index contributed by atoms with van der Waals surface area (Å²) >= 11 is 0. The van der Waals surface area contributed by atoms with E-state index in [0.29, 0.717) is 18.7 Å². The van der Waals surface area contributed by atoms with Gasteiger partial charge in [0.2, 0.25) is 0 Å². The summed E-state index contributed by atoms with van der Waals surface area (Å²) in [6, 6.07) is 1.91. The zero-order chi connectivity index (χ0) is 20.0. The summed E-state index contributed by atoms with van der Waals surface area (Å²) in [7, 11) is 1.73. The van der Waals surface area contributed by atoms with Crippen molar-refractivity contribution in [1.82, 2.24) is 14.8 Å². The number of anilines is 1. The van der Waals surface area contributed by atoms with Crippen LogP contribution < -0.4 is 5.32 Å². The Balaban J connectivity index is 1.64. The maximum Gasteiger partial charge on any atom is 0.410 e. The molecular weight excluding hydrogens is 344 g/mol. The summed E-state index contributed by atoms with van der Waals surface area (Å²) in [5, 5.41) is 3.37. The van der Waals surface area contributed by atoms with Crippen molar-refractivity contribution in [3.8, 4) is 0 Å². The van der Waals surface area contributed by atoms with Gasteiger partial charge in [-0.05, 0) is 59.1 Å². The van der Waals surface area contributed by atoms with Crippen LogP contribution in [0.1, 0.15) is 57.0 Å². The molecule has 27 heavy (non-hydrogen) atoms. The van der Waals surface area contributed by atoms with E-state index in [1.54, 1.807) is 23.0 Å². The number of hydrogen-bond acceptors (Lipinski definition) is 5. The van der Waals surface area contributed by atoms with Crippen LogP contribution >= 0.6 is 0 Å². The third kappa shape index (κ3) is 4.34. The van der Waals surface area contributed by atoms with Crippen molar-refractivity contribution in [2.45, 2.75) is 64.6 Å². The van der Waals surface area contributed by atoms with Gasteiger partial charge < -0.3 is 19.9 Å². The first-order chi connectivity index (χ1) is 12.5. The fourth-order valence-corrected chi connectivity index (χ4v) is 3.62. The lowest BCUT2D eigenvalue weighted by Crippen LogP contribution is -2.42. The highest BCUT2D eigenvalue weighted by molar-refractivity contribution is 5.94. The van der Waals surface area contributed by atoms with E-state index in [2.05, 4.69) is 24.1 Å². The van der Waals surface area contributed by atoms with Gasteiger partial charge in [0.05, 0.1) is 11.6 Å². The average Bonchev–Trinajstić information content (AvgIpc) is 3.13. The number of carbonyl (C=O) groups excluding carboxylic acids is 2. The van der Waals surface area contributed by atoms with Crippen LogP contribution in [-0.4, -0.2) is 64.1 Å². The molecular formula is C20H30N4O3. The van der Waals surface area contributed by atoms with Crippen LogP contribution in [0, 0.1) is 0 Å². The number of ether oxygens (including phenoxy) is 1. The minimum atomic E-state index is -0.530. The van der Waals surface area contributed by atoms with Crippen molar-refractivity contribution < 1.29 is 14.3 Å². The number of aromatic nitrogens is 1. The zero-order valence-corrected chi connectivity index (χ0v) is 17.1. The van der Waals surface area contributed by atoms with Crippen molar-refractivity contribution in [3.63, 3.8) is 0 Å². The number of fused-ring (bicyclic) bond motifs is 1. The molecule has 0 bridgehead atoms. The Hall–Kier alpha value is -2.31. The fourth-order valence-electron chi connectivity index (χ4n) is 3.62. The van der Waals surface area contributed by atoms with Crippen LogP contribution in [0.25, 0.3) is 0 Å². The molecule has 0 spiro atoms. The van der Waals surface area contributed by atoms with Crippen molar-refractivity contribution in [2.75, 3.05) is 25.5 Å². The summed E-state index contributed by atoms with van der Waals surface area (Å²) < 4.78 is 5.43. The van der Waals surface area contributed by atoms with E-state index in [-0.39, 0.29) is 23.6 Å². The van der Waals surface area contributed by atoms with Gasteiger partial charge >= 0.3 is 6.09 Å². The van der Waals surface area contributed by atoms with E-state index in [1.807, 2.05) is 26.8 Å². The maximum absolute atomic E-state index is 12.9. The van der Waals surface area contributed by atoms with E-state index in [0.717, 1.165) is 24.2 Å². The quantitative estimate of drug-likeness (QED) is 0.861. The Kier molecular flexibility index (Phi) is 4.82. The Labute approximate surface area is 161 Å². The first kappa shape index (κ1) is 19.5. The third-order valence-corrected chi connectivity index (χ3v) is 4.98. The van der Waals surface area contributed by atoms with Gasteiger partial charge in [-0.15, -0.1) is 0 Å². The van der Waals surface area contributed by atoms with Crippen molar-refractivity contribution in [2.24, 2.45) is 0 Å². The van der Waals surface area contributed by atoms with Crippen molar-refractivity contribution in [3.05, 3.63) is 23.4 Å². The number of amides is 2. The molecule has 0 radical (unpaired) electrons. The highest BCUT2D eigenvalue weighted by atomic mass is 16.6. The van der Waals surface area contributed by atoms with Crippen LogP contribution in [0.4, 0.5) is 10.6 Å². The van der Waals surface area contributed by atoms with Crippen LogP contribution in [0.5, 0.6) is 0 Å². The van der Waals surface area contributed by atoms with Crippen molar-refractivity contribution in [1.29, 1.82) is 0 Å². The smallest absolute Gasteiger partial charge is 0.410 e. The maximum atomic E-state index is 12.9. The molecule has 7 nitrogen and oxygen atoms in total. The Morgan fingerprint density at radius 2 is 2.07 bits per heavy atom. The van der Waals surface area contributed by atoms with Crippen LogP contribution in [0.3, 0.4) is 0 Å². The lowest BCUT2D eigenvalue weighted by molar-refractivity contribution is 0.0226. The van der Waals surface area contributed by atoms with E-state index in [4.69, 9.17) is 4.74 Å². The SMILES string of the molecule is CN(C(=O)OC(C)(C)C)[C@H]1CCN(C(=O)c2cnc3c(c2)CC(C)(C)N3)C1. The molecule has 7 heteroatoms. The Bertz CT molecular complexity index is 754. The third-order valence-electron chi connectivity index (χ3n) is 4.98. The molecule has 0 aromatic carbocycles. The number of nitrogens with one attached hydrogen (secondary N) is 1. The monoisotopic (exact) mass is 374 g/mol. The first-order valence-corrected chi connectivity index (χ1v) is 9.47. The number of hydrogen-bond donors (Lipinski definition) is 1. The summed E-state index contributed by atoms with van der Waals surface area (Å²) in [5.74, 6) is 0.829. The number of nitrogens with zero attached hydrogens (tertiary/aromatic N) is 3. The summed E-state index contributed by atoms with van der Waals surface area (Å²) in [6.07, 6.45) is 2.88. The molecule has 0 saturated carbocycles. The number of carbonyl (C=O) groups is 2. The number of likely N-dealkylation sites (tertiary alicyclic amines) is 1. The van der Waals surface area contributed by atoms with Gasteiger partial charge in [-0.25, -0.2) is 9.78 Å². The van der Waals surface area contributed by atoms with Gasteiger partial charge in [-0.1, -0.05) is 0 Å². The molecule has 0 aliphatic carbocycles. The number of likely N-dealkylation sites (N-methyl/N-ethyl adjacent to an activating group) is 1. The average molecular weight is 374 g/mol. The van der Waals surface area contributed by atoms with Crippen LogP contribution in [0.15, 0.2) is 12.3 Å². The lowest BCUT2D eigenvalue weighted by Gasteiger charge is -2.28. The van der Waals surface area contributed by atoms with Gasteiger partial charge in [0, 0.05) is 31.9 Å². The number of pyridine rings is 1. The molecule has 2 aliphatic heterocycles. The molecule has 2 amide bonds. The summed E-state index contributed by atoms with van der Waals surface area (Å²) in [5.41, 5.74) is 1.12. The lowest BCUT2D eigenvalue weighted by atomic mass is 10.00. The van der Waals surface area contributed by atoms with Gasteiger partial charge in [0.1, 0.15) is 11.4 Å². The molecule has 3 heterocycles. The van der Waals surface area contributed by atoms with Gasteiger partial charge in [0.15, 0.2) is 0 Å². The molecule has 1 fully saturated rings. The van der Waals surface area contributed by atoms with Crippen LogP contribution in [-0.2, 0) is 11.2 Å². The second-order valence-electron chi connectivity index (χ2n) is 9.20. The molecule has 1 saturated heterocycles. The minimum absolute atomic E-state index is 0.0323. The molecule has 1 atom stereocenters. The highest BCUT2D eigenvalue weighted by Gasteiger charge is 2.34. The first-order valence-electron chi connectivity index (χ1n) is 9.47. The van der Waals surface area contributed by atoms with Gasteiger partial charge in [0.25, 0.3) is 5.91 Å². The molecule has 1 aromatic rings. The molecule has 148 valence electrons. The Morgan fingerprint density at radius 1 is 1.37 bits per heavy atom. The van der Waals surface area contributed by atoms with E-state index in [1.165, 1.54) is 0 Å². The summed E-state index contributed by atoms with van der Waals surface area (Å²) in [4.78, 5) is 33.0. The zero-order valence-electron chi connectivity index (χ0n) is 17.1. The molecule has 1 N–H and O–H groups in total. The second kappa shape index (κ2) is 6.69. The predicted molar refractivity (Wildman–Crippen MR) is 104 cm³/mol. The number of rotatable bonds is 2. The molecule has 1 aromatic heterocycles. The van der Waals surface area contributed by atoms with Gasteiger partial charge in [-0.3, -0.25) is 4.79 Å². The standard InChI is InChI=1S/C20H30N4O3/c1-19(2,3)27-18(26)23(6)15-7-8-24(12-15)17(25)14-9-13-10-20(4,5)22-16(13)21-11-14/h9,11,15H,7-8,10,12H2,1-6H3,(H,21,22)/t15-/m0/s1. The van der Waals surface area contributed by atoms with E-state index >= 15 is 0 Å². The van der Waals surface area contributed by atoms with Crippen molar-refractivity contribution >= 4 is 17.8 Å². The largest absolute Gasteiger partial charge is 0.444 e. The summed E-state index contributed by atoms with van der Waals surface area (Å²) in [6.45, 7) is 10.9. The second-order valence-corrected chi connectivity index (χ2v) is 9.20. The molecule has 3 rings (SSSR count). The Morgan fingerprint density at radius 3 is 2.74 bits per heavy atom. The molecule has 0 unspecified atom stereocenters. The predicted octanol–water partition coefficient (Wildman–Crippen LogP) is 2.91. The fraction of sp³-hybridized carbons (Fsp3) is 0.650. The minimum Gasteiger partial charge on any atom is -0.444 e. The van der Waals surface area contributed by atoms with E-state index < -0.39 is 5.60 Å². The van der Waals surface area contributed by atoms with Gasteiger partial charge in [-0.2, -0.15) is 0 Å². The van der Waals surface area contributed by atoms with Crippen LogP contribution in [0.2, 0.25) is 0 Å².